The quantitative estimate of drug-likeness (QED) is 0.0880. The first-order valence-electron chi connectivity index (χ1n) is 13.2. The van der Waals surface area contributed by atoms with E-state index in [1.807, 2.05) is 0 Å². The monoisotopic (exact) mass is 626 g/mol. The Hall–Kier alpha value is -4.50. The summed E-state index contributed by atoms with van der Waals surface area (Å²) in [4.78, 5) is 19.1. The molecule has 3 aromatic rings. The van der Waals surface area contributed by atoms with Gasteiger partial charge in [0.1, 0.15) is 23.1 Å². The normalized spacial score (nSPS) is 14.2. The fourth-order valence-electron chi connectivity index (χ4n) is 3.06. The number of nitro benzene ring substituents is 2. The molecule has 3 aliphatic carbocycles. The van der Waals surface area contributed by atoms with Crippen molar-refractivity contribution in [2.75, 3.05) is 23.5 Å². The second-order valence-corrected chi connectivity index (χ2v) is 9.68. The Morgan fingerprint density at radius 2 is 1.09 bits per heavy atom. The van der Waals surface area contributed by atoms with Crippen LogP contribution in [0.4, 0.5) is 46.0 Å². The standard InChI is InChI=1S/C9H9FN2O2.C9H11FN2.C6H3F2NO2.C3H7N.CH4O.CH4/c10-6-1-4-9(12(13)14)8(5-6)11-7-2-3-7;10-6-1-4-8(11)9(5-6)12-7-2-3-7;7-4-1-2-6(9(10)11)5(8)3-4;4-3-1-2-3;1-2;/h1,4-5,7,11H,2-3H2;1,4-5,7,12H,2-3,11H2;1-3H;3H,1-2,4H2;2H,1H3;1H4. The van der Waals surface area contributed by atoms with Crippen LogP contribution < -0.4 is 22.1 Å². The van der Waals surface area contributed by atoms with E-state index in [1.165, 1.54) is 31.0 Å². The maximum absolute atomic E-state index is 12.8. The van der Waals surface area contributed by atoms with Crippen molar-refractivity contribution in [1.82, 2.24) is 0 Å². The van der Waals surface area contributed by atoms with Crippen LogP contribution >= 0.6 is 0 Å². The van der Waals surface area contributed by atoms with Crippen molar-refractivity contribution in [3.63, 3.8) is 0 Å². The van der Waals surface area contributed by atoms with Crippen molar-refractivity contribution >= 4 is 28.4 Å². The van der Waals surface area contributed by atoms with Gasteiger partial charge in [0, 0.05) is 49.5 Å². The van der Waals surface area contributed by atoms with Crippen LogP contribution in [0.3, 0.4) is 0 Å². The Kier molecular flexibility index (Phi) is 15.5. The van der Waals surface area contributed by atoms with Crippen LogP contribution in [0, 0.1) is 43.5 Å². The van der Waals surface area contributed by atoms with E-state index in [4.69, 9.17) is 16.6 Å². The number of aliphatic hydroxyl groups excluding tert-OH is 1. The number of aliphatic hydroxyl groups is 1. The van der Waals surface area contributed by atoms with Crippen molar-refractivity contribution in [2.24, 2.45) is 5.73 Å². The molecule has 3 aliphatic rings. The number of hydrogen-bond acceptors (Lipinski definition) is 9. The fourth-order valence-corrected chi connectivity index (χ4v) is 3.06. The average Bonchev–Trinajstić information content (AvgIpc) is 3.80. The molecule has 3 aromatic carbocycles. The largest absolute Gasteiger partial charge is 0.400 e. The third kappa shape index (κ3) is 14.1. The summed E-state index contributed by atoms with van der Waals surface area (Å²) in [6.07, 6.45) is 6.84. The van der Waals surface area contributed by atoms with Gasteiger partial charge >= 0.3 is 5.69 Å². The molecule has 3 fully saturated rings. The molecule has 11 nitrogen and oxygen atoms in total. The van der Waals surface area contributed by atoms with E-state index in [9.17, 15) is 37.8 Å². The lowest BCUT2D eigenvalue weighted by molar-refractivity contribution is -0.387. The molecule has 0 saturated heterocycles. The lowest BCUT2D eigenvalue weighted by atomic mass is 10.2. The molecule has 0 spiro atoms. The molecular formula is C29H38F4N6O5. The molecule has 0 bridgehead atoms. The first-order chi connectivity index (χ1) is 20.4. The number of hydrogen-bond donors (Lipinski definition) is 5. The smallest absolute Gasteiger partial charge is 0.304 e. The number of halogens is 4. The van der Waals surface area contributed by atoms with Crippen molar-refractivity contribution in [1.29, 1.82) is 0 Å². The second kappa shape index (κ2) is 18.2. The fraction of sp³-hybridized carbons (Fsp3) is 0.379. The van der Waals surface area contributed by atoms with Crippen LogP contribution in [-0.2, 0) is 0 Å². The minimum Gasteiger partial charge on any atom is -0.400 e. The third-order valence-corrected chi connectivity index (χ3v) is 5.77. The number of benzene rings is 3. The summed E-state index contributed by atoms with van der Waals surface area (Å²) in [5.41, 5.74) is 11.7. The molecule has 6 rings (SSSR count). The molecule has 0 radical (unpaired) electrons. The summed E-state index contributed by atoms with van der Waals surface area (Å²) < 4.78 is 50.1. The van der Waals surface area contributed by atoms with E-state index < -0.39 is 33.0 Å². The number of nitro groups is 2. The highest BCUT2D eigenvalue weighted by molar-refractivity contribution is 5.66. The predicted molar refractivity (Wildman–Crippen MR) is 162 cm³/mol. The van der Waals surface area contributed by atoms with Crippen molar-refractivity contribution in [3.05, 3.63) is 98.1 Å². The van der Waals surface area contributed by atoms with Gasteiger partial charge < -0.3 is 27.2 Å². The first-order valence-corrected chi connectivity index (χ1v) is 13.2. The Bertz CT molecular complexity index is 1370. The number of rotatable bonds is 6. The molecular weight excluding hydrogens is 588 g/mol. The molecule has 0 atom stereocenters. The van der Waals surface area contributed by atoms with Gasteiger partial charge in [-0.15, -0.1) is 0 Å². The van der Waals surface area contributed by atoms with Gasteiger partial charge in [-0.3, -0.25) is 20.2 Å². The second-order valence-electron chi connectivity index (χ2n) is 9.68. The van der Waals surface area contributed by atoms with E-state index in [0.717, 1.165) is 62.7 Å². The van der Waals surface area contributed by atoms with Crippen LogP contribution in [0.1, 0.15) is 46.0 Å². The topological polar surface area (TPSA) is 183 Å². The van der Waals surface area contributed by atoms with E-state index in [0.29, 0.717) is 23.8 Å². The van der Waals surface area contributed by atoms with Crippen LogP contribution in [0.5, 0.6) is 0 Å². The number of nitrogen functional groups attached to an aromatic ring is 1. The zero-order valence-corrected chi connectivity index (χ0v) is 23.3. The molecule has 0 unspecified atom stereocenters. The van der Waals surface area contributed by atoms with Crippen molar-refractivity contribution in [3.8, 4) is 0 Å². The van der Waals surface area contributed by atoms with Gasteiger partial charge in [-0.1, -0.05) is 7.43 Å². The first kappa shape index (κ1) is 37.5. The zero-order chi connectivity index (χ0) is 32.1. The Morgan fingerprint density at radius 3 is 1.50 bits per heavy atom. The Balaban J connectivity index is 0.000000300. The highest BCUT2D eigenvalue weighted by Gasteiger charge is 2.25. The maximum Gasteiger partial charge on any atom is 0.304 e. The lowest BCUT2D eigenvalue weighted by Gasteiger charge is -2.07. The molecule has 242 valence electrons. The summed E-state index contributed by atoms with van der Waals surface area (Å²) in [6.45, 7) is 0. The number of anilines is 3. The number of nitrogens with two attached hydrogens (primary N) is 2. The zero-order valence-electron chi connectivity index (χ0n) is 23.3. The van der Waals surface area contributed by atoms with E-state index in [2.05, 4.69) is 10.6 Å². The summed E-state index contributed by atoms with van der Waals surface area (Å²) >= 11 is 0. The van der Waals surface area contributed by atoms with Crippen LogP contribution in [0.2, 0.25) is 0 Å². The highest BCUT2D eigenvalue weighted by Crippen LogP contribution is 2.31. The minimum absolute atomic E-state index is 0. The average molecular weight is 627 g/mol. The summed E-state index contributed by atoms with van der Waals surface area (Å²) in [5.74, 6) is -2.69. The molecule has 0 amide bonds. The Labute approximate surface area is 252 Å². The molecule has 0 aliphatic heterocycles. The van der Waals surface area contributed by atoms with Gasteiger partial charge in [0.2, 0.25) is 5.82 Å². The van der Waals surface area contributed by atoms with Gasteiger partial charge in [0.05, 0.1) is 21.2 Å². The minimum atomic E-state index is -1.16. The maximum atomic E-state index is 12.8. The predicted octanol–water partition coefficient (Wildman–Crippen LogP) is 6.52. The van der Waals surface area contributed by atoms with Gasteiger partial charge in [0.15, 0.2) is 0 Å². The molecule has 3 saturated carbocycles. The van der Waals surface area contributed by atoms with Crippen LogP contribution in [0.15, 0.2) is 54.6 Å². The molecule has 7 N–H and O–H groups in total. The van der Waals surface area contributed by atoms with Crippen molar-refractivity contribution in [2.45, 2.75) is 64.1 Å². The summed E-state index contributed by atoms with van der Waals surface area (Å²) in [7, 11) is 1.00. The van der Waals surface area contributed by atoms with Crippen molar-refractivity contribution < 1.29 is 32.5 Å². The van der Waals surface area contributed by atoms with Crippen LogP contribution in [-0.4, -0.2) is 40.2 Å². The number of nitrogens with one attached hydrogen (secondary N) is 2. The third-order valence-electron chi connectivity index (χ3n) is 5.77. The molecule has 0 aromatic heterocycles. The van der Waals surface area contributed by atoms with Gasteiger partial charge in [-0.05, 0) is 68.9 Å². The lowest BCUT2D eigenvalue weighted by Crippen LogP contribution is -2.04. The van der Waals surface area contributed by atoms with E-state index in [-0.39, 0.29) is 30.7 Å². The van der Waals surface area contributed by atoms with Gasteiger partial charge in [-0.2, -0.15) is 4.39 Å². The Morgan fingerprint density at radius 1 is 0.705 bits per heavy atom. The van der Waals surface area contributed by atoms with E-state index in [1.54, 1.807) is 6.07 Å². The number of nitrogens with zero attached hydrogens (tertiary/aromatic N) is 2. The highest BCUT2D eigenvalue weighted by atomic mass is 19.1. The summed E-state index contributed by atoms with van der Waals surface area (Å²) in [6, 6.07) is 11.3. The van der Waals surface area contributed by atoms with Gasteiger partial charge in [-0.25, -0.2) is 13.2 Å². The SMILES string of the molecule is C.CO.NC1CC1.Nc1ccc(F)cc1NC1CC1.O=[N+]([O-])c1ccc(F)cc1F.O=[N+]([O-])c1ccc(F)cc1NC1CC1. The molecule has 15 heteroatoms. The summed E-state index contributed by atoms with van der Waals surface area (Å²) in [5, 5.41) is 33.6. The molecule has 44 heavy (non-hydrogen) atoms. The van der Waals surface area contributed by atoms with Crippen LogP contribution in [0.25, 0.3) is 0 Å². The molecule has 0 heterocycles. The van der Waals surface area contributed by atoms with E-state index >= 15 is 0 Å². The van der Waals surface area contributed by atoms with Gasteiger partial charge in [0.25, 0.3) is 5.69 Å².